The molecule has 1 saturated heterocycles. The molecule has 2 heterocycles. The Hall–Kier alpha value is -2.51. The fourth-order valence-corrected chi connectivity index (χ4v) is 4.58. The number of rotatable bonds is 7. The second-order valence-electron chi connectivity index (χ2n) is 8.62. The van der Waals surface area contributed by atoms with E-state index in [2.05, 4.69) is 10.2 Å². The van der Waals surface area contributed by atoms with Crippen LogP contribution in [0.25, 0.3) is 0 Å². The van der Waals surface area contributed by atoms with E-state index in [4.69, 9.17) is 4.74 Å². The first-order chi connectivity index (χ1) is 14.9. The highest BCUT2D eigenvalue weighted by molar-refractivity contribution is 5.76. The molecule has 5 nitrogen and oxygen atoms in total. The normalized spacial score (nSPS) is 19.8. The Balaban J connectivity index is 1.25. The number of ether oxygens (including phenoxy) is 1. The van der Waals surface area contributed by atoms with Crippen molar-refractivity contribution in [2.45, 2.75) is 57.0 Å². The van der Waals surface area contributed by atoms with Gasteiger partial charge in [-0.05, 0) is 49.4 Å². The number of aromatic amines is 1. The highest BCUT2D eigenvalue weighted by Crippen LogP contribution is 2.32. The van der Waals surface area contributed by atoms with Gasteiger partial charge in [0.25, 0.3) is 0 Å². The average molecular weight is 435 g/mol. The molecule has 31 heavy (non-hydrogen) atoms. The van der Waals surface area contributed by atoms with E-state index in [0.29, 0.717) is 25.3 Å². The summed E-state index contributed by atoms with van der Waals surface area (Å²) in [6.07, 6.45) is 2.54. The third kappa shape index (κ3) is 5.60. The molecule has 1 atom stereocenters. The molecule has 8 heteroatoms. The summed E-state index contributed by atoms with van der Waals surface area (Å²) in [6, 6.07) is 6.87. The highest BCUT2D eigenvalue weighted by atomic mass is 19.4. The molecule has 1 saturated carbocycles. The summed E-state index contributed by atoms with van der Waals surface area (Å²) in [4.78, 5) is 14.5. The number of aromatic nitrogens is 2. The predicted molar refractivity (Wildman–Crippen MR) is 110 cm³/mol. The first-order valence-corrected chi connectivity index (χ1v) is 11.0. The summed E-state index contributed by atoms with van der Waals surface area (Å²) in [6.45, 7) is 1.73. The van der Waals surface area contributed by atoms with E-state index in [0.717, 1.165) is 36.5 Å². The molecule has 2 fully saturated rings. The zero-order valence-electron chi connectivity index (χ0n) is 17.5. The van der Waals surface area contributed by atoms with Crippen LogP contribution in [-0.2, 0) is 17.4 Å². The van der Waals surface area contributed by atoms with E-state index in [9.17, 15) is 18.0 Å². The highest BCUT2D eigenvalue weighted by Gasteiger charge is 2.31. The molecular weight excluding hydrogens is 407 g/mol. The fourth-order valence-electron chi connectivity index (χ4n) is 4.58. The number of carbonyl (C=O) groups is 1. The monoisotopic (exact) mass is 435 g/mol. The average Bonchev–Trinajstić information content (AvgIpc) is 3.49. The predicted octanol–water partition coefficient (Wildman–Crippen LogP) is 4.95. The summed E-state index contributed by atoms with van der Waals surface area (Å²) in [7, 11) is 0. The van der Waals surface area contributed by atoms with Crippen molar-refractivity contribution in [3.63, 3.8) is 0 Å². The van der Waals surface area contributed by atoms with Crippen molar-refractivity contribution in [1.82, 2.24) is 15.1 Å². The molecule has 1 N–H and O–H groups in total. The number of benzene rings is 1. The van der Waals surface area contributed by atoms with Gasteiger partial charge in [0.15, 0.2) is 0 Å². The third-order valence-corrected chi connectivity index (χ3v) is 6.35. The lowest BCUT2D eigenvalue weighted by molar-refractivity contribution is -0.137. The van der Waals surface area contributed by atoms with E-state index >= 15 is 0 Å². The second kappa shape index (κ2) is 9.32. The fraction of sp³-hybridized carbons (Fsp3) is 0.565. The van der Waals surface area contributed by atoms with Crippen molar-refractivity contribution in [2.75, 3.05) is 19.7 Å². The van der Waals surface area contributed by atoms with Gasteiger partial charge >= 0.3 is 6.18 Å². The SMILES string of the molecule is O=C(CC1CCCC1)N1CC[C@H](c2cc(CCOc3cccc(C(F)(F)F)c3)[nH]n2)C1. The Morgan fingerprint density at radius 1 is 1.19 bits per heavy atom. The minimum Gasteiger partial charge on any atom is -0.493 e. The maximum absolute atomic E-state index is 12.8. The maximum Gasteiger partial charge on any atom is 0.416 e. The van der Waals surface area contributed by atoms with Crippen LogP contribution in [0.15, 0.2) is 30.3 Å². The molecule has 168 valence electrons. The van der Waals surface area contributed by atoms with Crippen molar-refractivity contribution in [3.8, 4) is 5.75 Å². The van der Waals surface area contributed by atoms with Crippen LogP contribution >= 0.6 is 0 Å². The van der Waals surface area contributed by atoms with Gasteiger partial charge in [-0.3, -0.25) is 9.89 Å². The summed E-state index contributed by atoms with van der Waals surface area (Å²) in [5, 5.41) is 7.39. The smallest absolute Gasteiger partial charge is 0.416 e. The molecule has 0 bridgehead atoms. The molecule has 0 unspecified atom stereocenters. The molecule has 1 amide bonds. The van der Waals surface area contributed by atoms with Gasteiger partial charge < -0.3 is 9.64 Å². The van der Waals surface area contributed by atoms with E-state index in [-0.39, 0.29) is 24.2 Å². The molecule has 0 spiro atoms. The molecule has 0 radical (unpaired) electrons. The summed E-state index contributed by atoms with van der Waals surface area (Å²) < 4.78 is 43.9. The van der Waals surface area contributed by atoms with Gasteiger partial charge in [-0.25, -0.2) is 0 Å². The van der Waals surface area contributed by atoms with Crippen LogP contribution in [0, 0.1) is 5.92 Å². The molecule has 1 aliphatic heterocycles. The van der Waals surface area contributed by atoms with E-state index in [1.165, 1.54) is 37.8 Å². The van der Waals surface area contributed by atoms with Crippen LogP contribution < -0.4 is 4.74 Å². The zero-order chi connectivity index (χ0) is 21.8. The number of alkyl halides is 3. The Morgan fingerprint density at radius 3 is 2.77 bits per heavy atom. The third-order valence-electron chi connectivity index (χ3n) is 6.35. The number of H-pyrrole nitrogens is 1. The number of amides is 1. The topological polar surface area (TPSA) is 58.2 Å². The largest absolute Gasteiger partial charge is 0.493 e. The molecule has 4 rings (SSSR count). The van der Waals surface area contributed by atoms with Gasteiger partial charge in [-0.2, -0.15) is 18.3 Å². The van der Waals surface area contributed by atoms with Gasteiger partial charge in [-0.1, -0.05) is 18.9 Å². The van der Waals surface area contributed by atoms with Crippen LogP contribution in [0.1, 0.15) is 61.4 Å². The van der Waals surface area contributed by atoms with Crippen LogP contribution in [0.4, 0.5) is 13.2 Å². The lowest BCUT2D eigenvalue weighted by Crippen LogP contribution is -2.29. The minimum absolute atomic E-state index is 0.196. The van der Waals surface area contributed by atoms with Gasteiger partial charge in [0.05, 0.1) is 17.9 Å². The van der Waals surface area contributed by atoms with Crippen LogP contribution in [0.3, 0.4) is 0 Å². The van der Waals surface area contributed by atoms with Crippen molar-refractivity contribution in [3.05, 3.63) is 47.3 Å². The number of likely N-dealkylation sites (tertiary alicyclic amines) is 1. The van der Waals surface area contributed by atoms with Gasteiger partial charge in [0.2, 0.25) is 5.91 Å². The molecule has 2 aliphatic rings. The molecule has 1 aromatic carbocycles. The molecule has 1 aromatic heterocycles. The van der Waals surface area contributed by atoms with Gasteiger partial charge in [-0.15, -0.1) is 0 Å². The quantitative estimate of drug-likeness (QED) is 0.670. The van der Waals surface area contributed by atoms with Crippen molar-refractivity contribution in [1.29, 1.82) is 0 Å². The first-order valence-electron chi connectivity index (χ1n) is 11.0. The van der Waals surface area contributed by atoms with Gasteiger partial charge in [0, 0.05) is 37.5 Å². The molecule has 1 aliphatic carbocycles. The lowest BCUT2D eigenvalue weighted by Gasteiger charge is -2.18. The summed E-state index contributed by atoms with van der Waals surface area (Å²) >= 11 is 0. The molecular formula is C23H28F3N3O2. The Labute approximate surface area is 180 Å². The standard InChI is InChI=1S/C23H28F3N3O2/c24-23(25,26)18-6-3-7-20(13-18)31-11-9-19-14-21(28-27-19)17-8-10-29(15-17)22(30)12-16-4-1-2-5-16/h3,6-7,13-14,16-17H,1-2,4-5,8-12,15H2,(H,27,28)/t17-/m0/s1. The molecule has 2 aromatic rings. The maximum atomic E-state index is 12.8. The van der Waals surface area contributed by atoms with Crippen LogP contribution in [-0.4, -0.2) is 40.7 Å². The minimum atomic E-state index is -4.38. The number of hydrogen-bond donors (Lipinski definition) is 1. The Bertz CT molecular complexity index is 890. The number of carbonyl (C=O) groups excluding carboxylic acids is 1. The summed E-state index contributed by atoms with van der Waals surface area (Å²) in [5.74, 6) is 1.24. The number of hydrogen-bond acceptors (Lipinski definition) is 3. The number of nitrogens with zero attached hydrogens (tertiary/aromatic N) is 2. The van der Waals surface area contributed by atoms with E-state index in [1.54, 1.807) is 0 Å². The van der Waals surface area contributed by atoms with Crippen LogP contribution in [0.2, 0.25) is 0 Å². The Kier molecular flexibility index (Phi) is 6.53. The van der Waals surface area contributed by atoms with Crippen molar-refractivity contribution < 1.29 is 22.7 Å². The number of halogens is 3. The van der Waals surface area contributed by atoms with Crippen molar-refractivity contribution in [2.24, 2.45) is 5.92 Å². The van der Waals surface area contributed by atoms with Crippen LogP contribution in [0.5, 0.6) is 5.75 Å². The first kappa shape index (κ1) is 21.7. The summed E-state index contributed by atoms with van der Waals surface area (Å²) in [5.41, 5.74) is 1.09. The Morgan fingerprint density at radius 2 is 2.00 bits per heavy atom. The number of nitrogens with one attached hydrogen (secondary N) is 1. The van der Waals surface area contributed by atoms with Gasteiger partial charge in [0.1, 0.15) is 5.75 Å². The second-order valence-corrected chi connectivity index (χ2v) is 8.62. The van der Waals surface area contributed by atoms with E-state index < -0.39 is 11.7 Å². The van der Waals surface area contributed by atoms with Crippen molar-refractivity contribution >= 4 is 5.91 Å². The zero-order valence-corrected chi connectivity index (χ0v) is 17.5. The lowest BCUT2D eigenvalue weighted by atomic mass is 10.0. The van der Waals surface area contributed by atoms with E-state index in [1.807, 2.05) is 11.0 Å².